The van der Waals surface area contributed by atoms with E-state index in [-0.39, 0.29) is 0 Å². The third-order valence-electron chi connectivity index (χ3n) is 3.70. The van der Waals surface area contributed by atoms with Crippen LogP contribution in [0, 0.1) is 0 Å². The summed E-state index contributed by atoms with van der Waals surface area (Å²) in [6, 6.07) is 15.2. The Hall–Kier alpha value is -2.95. The number of nitrogens with one attached hydrogen (secondary N) is 2. The van der Waals surface area contributed by atoms with Crippen LogP contribution in [-0.4, -0.2) is 30.8 Å². The first-order chi connectivity index (χ1) is 12.7. The maximum atomic E-state index is 9.53. The van der Waals surface area contributed by atoms with E-state index >= 15 is 0 Å². The van der Waals surface area contributed by atoms with Crippen LogP contribution in [0.1, 0.15) is 18.1 Å². The molecule has 5 heteroatoms. The molecule has 0 saturated heterocycles. The summed E-state index contributed by atoms with van der Waals surface area (Å²) in [5, 5.41) is 16.1. The summed E-state index contributed by atoms with van der Waals surface area (Å²) in [6.45, 7) is 8.22. The highest BCUT2D eigenvalue weighted by Gasteiger charge is 2.03. The Morgan fingerprint density at radius 3 is 2.81 bits per heavy atom. The van der Waals surface area contributed by atoms with Gasteiger partial charge in [-0.05, 0) is 37.1 Å². The minimum Gasteiger partial charge on any atom is -0.508 e. The maximum absolute atomic E-state index is 9.53. The molecule has 0 amide bonds. The summed E-state index contributed by atoms with van der Waals surface area (Å²) in [7, 11) is 0. The fraction of sp³-hybridized carbons (Fsp3) is 0.286. The van der Waals surface area contributed by atoms with Crippen LogP contribution in [0.25, 0.3) is 0 Å². The lowest BCUT2D eigenvalue weighted by molar-refractivity contribution is 0.359. The molecule has 0 aliphatic rings. The first-order valence-electron chi connectivity index (χ1n) is 8.84. The minimum atomic E-state index is 0.291. The van der Waals surface area contributed by atoms with Gasteiger partial charge in [-0.3, -0.25) is 0 Å². The minimum absolute atomic E-state index is 0.291. The molecule has 26 heavy (non-hydrogen) atoms. The molecule has 0 aromatic heterocycles. The van der Waals surface area contributed by atoms with Crippen LogP contribution in [0.5, 0.6) is 11.5 Å². The number of nitrogens with zero attached hydrogens (tertiary/aromatic N) is 1. The second kappa shape index (κ2) is 10.8. The Kier molecular flexibility index (Phi) is 8.06. The lowest BCUT2D eigenvalue weighted by atomic mass is 10.1. The van der Waals surface area contributed by atoms with Crippen LogP contribution < -0.4 is 15.4 Å². The summed E-state index contributed by atoms with van der Waals surface area (Å²) < 4.78 is 5.68. The van der Waals surface area contributed by atoms with E-state index in [1.807, 2.05) is 43.3 Å². The van der Waals surface area contributed by atoms with Crippen molar-refractivity contribution in [3.05, 3.63) is 72.3 Å². The number of ether oxygens (including phenoxy) is 1. The molecule has 0 radical (unpaired) electrons. The number of guanidine groups is 1. The topological polar surface area (TPSA) is 65.9 Å². The Bertz CT molecular complexity index is 729. The molecule has 0 bridgehead atoms. The number of rotatable bonds is 9. The molecule has 138 valence electrons. The monoisotopic (exact) mass is 353 g/mol. The number of phenols is 1. The molecule has 0 aliphatic carbocycles. The van der Waals surface area contributed by atoms with Crippen molar-refractivity contribution in [1.82, 2.24) is 10.6 Å². The lowest BCUT2D eigenvalue weighted by Crippen LogP contribution is -2.38. The highest BCUT2D eigenvalue weighted by atomic mass is 16.5. The largest absolute Gasteiger partial charge is 0.508 e. The summed E-state index contributed by atoms with van der Waals surface area (Å²) in [6.07, 6.45) is 2.53. The molecule has 2 aromatic carbocycles. The molecule has 2 aromatic rings. The third kappa shape index (κ3) is 6.51. The van der Waals surface area contributed by atoms with Crippen LogP contribution in [0.4, 0.5) is 0 Å². The summed E-state index contributed by atoms with van der Waals surface area (Å²) in [5.41, 5.74) is 2.11. The van der Waals surface area contributed by atoms with Crippen LogP contribution in [0.3, 0.4) is 0 Å². The second-order valence-corrected chi connectivity index (χ2v) is 5.75. The van der Waals surface area contributed by atoms with E-state index in [1.165, 1.54) is 0 Å². The maximum Gasteiger partial charge on any atom is 0.191 e. The van der Waals surface area contributed by atoms with Crippen molar-refractivity contribution in [3.8, 4) is 11.5 Å². The number of phenolic OH excluding ortho intramolecular Hbond substituents is 1. The molecule has 0 spiro atoms. The number of hydrogen-bond acceptors (Lipinski definition) is 3. The molecule has 0 heterocycles. The average molecular weight is 353 g/mol. The first kappa shape index (κ1) is 19.4. The van der Waals surface area contributed by atoms with Crippen LogP contribution in [-0.2, 0) is 13.0 Å². The molecule has 2 rings (SSSR count). The summed E-state index contributed by atoms with van der Waals surface area (Å²) in [4.78, 5) is 4.64. The SMILES string of the molecule is C=CCOc1ccccc1CN=C(NCC)NCCc1cccc(O)c1. The second-order valence-electron chi connectivity index (χ2n) is 5.75. The number of benzene rings is 2. The Labute approximate surface area is 155 Å². The first-order valence-corrected chi connectivity index (χ1v) is 8.84. The normalized spacial score (nSPS) is 11.0. The standard InChI is InChI=1S/C21H27N3O2/c1-3-14-26-20-11-6-5-9-18(20)16-24-21(22-4-2)23-13-12-17-8-7-10-19(25)15-17/h3,5-11,15,25H,1,4,12-14,16H2,2H3,(H2,22,23,24). The predicted octanol–water partition coefficient (Wildman–Crippen LogP) is 3.25. The van der Waals surface area contributed by atoms with E-state index in [2.05, 4.69) is 22.2 Å². The van der Waals surface area contributed by atoms with Gasteiger partial charge in [-0.25, -0.2) is 4.99 Å². The van der Waals surface area contributed by atoms with Crippen LogP contribution in [0.15, 0.2) is 66.2 Å². The summed E-state index contributed by atoms with van der Waals surface area (Å²) in [5.74, 6) is 1.87. The van der Waals surface area contributed by atoms with Crippen molar-refractivity contribution in [2.45, 2.75) is 19.9 Å². The zero-order valence-electron chi connectivity index (χ0n) is 15.2. The van der Waals surface area contributed by atoms with E-state index in [9.17, 15) is 5.11 Å². The lowest BCUT2D eigenvalue weighted by Gasteiger charge is -2.13. The molecular formula is C21H27N3O2. The van der Waals surface area contributed by atoms with E-state index in [0.717, 1.165) is 42.3 Å². The quantitative estimate of drug-likeness (QED) is 0.368. The molecular weight excluding hydrogens is 326 g/mol. The van der Waals surface area contributed by atoms with Crippen molar-refractivity contribution in [1.29, 1.82) is 0 Å². The molecule has 0 unspecified atom stereocenters. The van der Waals surface area contributed by atoms with Crippen molar-refractivity contribution in [2.75, 3.05) is 19.7 Å². The molecule has 0 saturated carbocycles. The van der Waals surface area contributed by atoms with Gasteiger partial charge in [0.05, 0.1) is 6.54 Å². The Morgan fingerprint density at radius 1 is 1.19 bits per heavy atom. The van der Waals surface area contributed by atoms with Gasteiger partial charge >= 0.3 is 0 Å². The predicted molar refractivity (Wildman–Crippen MR) is 107 cm³/mol. The molecule has 3 N–H and O–H groups in total. The van der Waals surface area contributed by atoms with E-state index < -0.39 is 0 Å². The van der Waals surface area contributed by atoms with Crippen molar-refractivity contribution >= 4 is 5.96 Å². The van der Waals surface area contributed by atoms with Gasteiger partial charge in [-0.2, -0.15) is 0 Å². The van der Waals surface area contributed by atoms with E-state index in [1.54, 1.807) is 18.2 Å². The Morgan fingerprint density at radius 2 is 2.04 bits per heavy atom. The molecule has 0 atom stereocenters. The van der Waals surface area contributed by atoms with Gasteiger partial charge in [0, 0.05) is 18.7 Å². The Balaban J connectivity index is 1.94. The highest BCUT2D eigenvalue weighted by molar-refractivity contribution is 5.79. The van der Waals surface area contributed by atoms with Crippen LogP contribution >= 0.6 is 0 Å². The fourth-order valence-electron chi connectivity index (χ4n) is 2.47. The van der Waals surface area contributed by atoms with Gasteiger partial charge in [-0.15, -0.1) is 0 Å². The number of hydrogen-bond donors (Lipinski definition) is 3. The number of aromatic hydroxyl groups is 1. The van der Waals surface area contributed by atoms with Crippen molar-refractivity contribution < 1.29 is 9.84 Å². The summed E-state index contributed by atoms with van der Waals surface area (Å²) >= 11 is 0. The van der Waals surface area contributed by atoms with Gasteiger partial charge in [0.1, 0.15) is 18.1 Å². The average Bonchev–Trinajstić information content (AvgIpc) is 2.65. The molecule has 0 aliphatic heterocycles. The number of para-hydroxylation sites is 1. The smallest absolute Gasteiger partial charge is 0.191 e. The highest BCUT2D eigenvalue weighted by Crippen LogP contribution is 2.18. The van der Waals surface area contributed by atoms with Gasteiger partial charge < -0.3 is 20.5 Å². The molecule has 0 fully saturated rings. The van der Waals surface area contributed by atoms with Crippen molar-refractivity contribution in [2.24, 2.45) is 4.99 Å². The van der Waals surface area contributed by atoms with Gasteiger partial charge in [0.25, 0.3) is 0 Å². The van der Waals surface area contributed by atoms with Gasteiger partial charge in [-0.1, -0.05) is 43.0 Å². The van der Waals surface area contributed by atoms with Crippen molar-refractivity contribution in [3.63, 3.8) is 0 Å². The van der Waals surface area contributed by atoms with Crippen LogP contribution in [0.2, 0.25) is 0 Å². The van der Waals surface area contributed by atoms with E-state index in [4.69, 9.17) is 4.74 Å². The zero-order valence-corrected chi connectivity index (χ0v) is 15.2. The van der Waals surface area contributed by atoms with Gasteiger partial charge in [0.15, 0.2) is 5.96 Å². The zero-order chi connectivity index (χ0) is 18.6. The molecule has 5 nitrogen and oxygen atoms in total. The number of aliphatic imine (C=N–C) groups is 1. The van der Waals surface area contributed by atoms with E-state index in [0.29, 0.717) is 18.9 Å². The fourth-order valence-corrected chi connectivity index (χ4v) is 2.47. The van der Waals surface area contributed by atoms with Gasteiger partial charge in [0.2, 0.25) is 0 Å². The third-order valence-corrected chi connectivity index (χ3v) is 3.70.